The Bertz CT molecular complexity index is 2230. The summed E-state index contributed by atoms with van der Waals surface area (Å²) in [5.41, 5.74) is -0.824. The highest BCUT2D eigenvalue weighted by molar-refractivity contribution is 7.92. The lowest BCUT2D eigenvalue weighted by atomic mass is 10.1. The van der Waals surface area contributed by atoms with E-state index in [2.05, 4.69) is 4.72 Å². The Hall–Kier alpha value is -5.47. The van der Waals surface area contributed by atoms with Gasteiger partial charge >= 0.3 is 22.1 Å². The van der Waals surface area contributed by atoms with Crippen LogP contribution in [0.4, 0.5) is 5.69 Å². The number of sulfonamides is 1. The number of fused-ring (bicyclic) bond motifs is 2. The van der Waals surface area contributed by atoms with E-state index < -0.39 is 56.0 Å². The standard InChI is InChI=1S/C32H26N2O10S2/c1-34(29(32(38)39)19-30(35)36)31(37)27-18-24(44-46(42,43)26-14-11-21-7-3-5-9-23(21)17-26)12-15-28(27)33-45(40,41)25-13-10-20-6-2-4-8-22(20)16-25/h2-18,29,33H,19H2,1H3,(H,35,36)(H,38,39). The van der Waals surface area contributed by atoms with Crippen molar-refractivity contribution in [2.45, 2.75) is 22.3 Å². The highest BCUT2D eigenvalue weighted by Crippen LogP contribution is 2.30. The van der Waals surface area contributed by atoms with Crippen molar-refractivity contribution in [1.82, 2.24) is 4.90 Å². The van der Waals surface area contributed by atoms with Gasteiger partial charge in [0.1, 0.15) is 16.7 Å². The molecule has 0 fully saturated rings. The van der Waals surface area contributed by atoms with Gasteiger partial charge in [-0.3, -0.25) is 14.3 Å². The fraction of sp³-hybridized carbons (Fsp3) is 0.0938. The summed E-state index contributed by atoms with van der Waals surface area (Å²) >= 11 is 0. The number of amides is 1. The minimum Gasteiger partial charge on any atom is -0.481 e. The van der Waals surface area contributed by atoms with Crippen molar-refractivity contribution in [3.63, 3.8) is 0 Å². The number of carboxylic acid groups (broad SMARTS) is 2. The molecule has 0 spiro atoms. The molecule has 0 radical (unpaired) electrons. The van der Waals surface area contributed by atoms with Crippen LogP contribution in [-0.4, -0.2) is 62.9 Å². The largest absolute Gasteiger partial charge is 0.481 e. The maximum absolute atomic E-state index is 13.7. The fourth-order valence-corrected chi connectivity index (χ4v) is 6.84. The molecule has 14 heteroatoms. The number of rotatable bonds is 11. The first-order chi connectivity index (χ1) is 21.7. The highest BCUT2D eigenvalue weighted by Gasteiger charge is 2.32. The van der Waals surface area contributed by atoms with Gasteiger partial charge in [-0.25, -0.2) is 13.2 Å². The zero-order valence-electron chi connectivity index (χ0n) is 24.0. The third-order valence-electron chi connectivity index (χ3n) is 7.15. The molecule has 5 rings (SSSR count). The summed E-state index contributed by atoms with van der Waals surface area (Å²) in [5.74, 6) is -4.62. The molecule has 0 aromatic heterocycles. The van der Waals surface area contributed by atoms with Gasteiger partial charge in [0, 0.05) is 7.05 Å². The van der Waals surface area contributed by atoms with Crippen molar-refractivity contribution in [2.24, 2.45) is 0 Å². The molecule has 1 atom stereocenters. The molecule has 0 heterocycles. The van der Waals surface area contributed by atoms with Gasteiger partial charge in [0.25, 0.3) is 15.9 Å². The Morgan fingerprint density at radius 2 is 1.28 bits per heavy atom. The van der Waals surface area contributed by atoms with E-state index in [0.29, 0.717) is 15.7 Å². The Morgan fingerprint density at radius 3 is 1.85 bits per heavy atom. The van der Waals surface area contributed by atoms with Crippen LogP contribution < -0.4 is 8.91 Å². The molecule has 0 saturated heterocycles. The van der Waals surface area contributed by atoms with Crippen LogP contribution in [-0.2, 0) is 29.7 Å². The Kier molecular flexibility index (Phi) is 8.68. The number of likely N-dealkylation sites (N-methyl/N-ethyl adjacent to an activating group) is 1. The molecule has 5 aromatic rings. The summed E-state index contributed by atoms with van der Waals surface area (Å²) in [4.78, 5) is 37.1. The van der Waals surface area contributed by atoms with Gasteiger partial charge in [0.15, 0.2) is 0 Å². The summed E-state index contributed by atoms with van der Waals surface area (Å²) < 4.78 is 60.9. The minimum absolute atomic E-state index is 0.147. The van der Waals surface area contributed by atoms with E-state index in [4.69, 9.17) is 4.18 Å². The second kappa shape index (κ2) is 12.5. The zero-order chi connectivity index (χ0) is 33.2. The van der Waals surface area contributed by atoms with E-state index in [0.717, 1.165) is 36.0 Å². The normalized spacial score (nSPS) is 12.4. The monoisotopic (exact) mass is 662 g/mol. The van der Waals surface area contributed by atoms with Gasteiger partial charge in [-0.2, -0.15) is 8.42 Å². The van der Waals surface area contributed by atoms with Crippen LogP contribution in [0.15, 0.2) is 113 Å². The molecule has 46 heavy (non-hydrogen) atoms. The molecule has 236 valence electrons. The molecular weight excluding hydrogens is 636 g/mol. The molecule has 1 amide bonds. The minimum atomic E-state index is -4.46. The van der Waals surface area contributed by atoms with Gasteiger partial charge in [0.2, 0.25) is 0 Å². The van der Waals surface area contributed by atoms with Crippen molar-refractivity contribution in [3.8, 4) is 5.75 Å². The molecule has 5 aromatic carbocycles. The number of benzene rings is 5. The van der Waals surface area contributed by atoms with Crippen LogP contribution in [0.5, 0.6) is 5.75 Å². The zero-order valence-corrected chi connectivity index (χ0v) is 25.7. The number of nitrogens with one attached hydrogen (secondary N) is 1. The van der Waals surface area contributed by atoms with Gasteiger partial charge in [-0.05, 0) is 64.0 Å². The fourth-order valence-electron chi connectivity index (χ4n) is 4.76. The van der Waals surface area contributed by atoms with Crippen LogP contribution in [0, 0.1) is 0 Å². The van der Waals surface area contributed by atoms with Gasteiger partial charge < -0.3 is 19.3 Å². The van der Waals surface area contributed by atoms with Gasteiger partial charge in [-0.1, -0.05) is 60.7 Å². The topological polar surface area (TPSA) is 184 Å². The lowest BCUT2D eigenvalue weighted by Gasteiger charge is -2.25. The second-order valence-corrected chi connectivity index (χ2v) is 13.5. The Morgan fingerprint density at radius 1 is 0.739 bits per heavy atom. The van der Waals surface area contributed by atoms with Crippen LogP contribution in [0.25, 0.3) is 21.5 Å². The summed E-state index contributed by atoms with van der Waals surface area (Å²) in [6, 6.07) is 24.1. The number of nitrogens with zero attached hydrogens (tertiary/aromatic N) is 1. The van der Waals surface area contributed by atoms with E-state index in [-0.39, 0.29) is 21.2 Å². The Balaban J connectivity index is 1.55. The average Bonchev–Trinajstić information content (AvgIpc) is 3.02. The lowest BCUT2D eigenvalue weighted by Crippen LogP contribution is -2.44. The number of anilines is 1. The maximum Gasteiger partial charge on any atom is 0.339 e. The van der Waals surface area contributed by atoms with Crippen molar-refractivity contribution < 1.29 is 45.6 Å². The lowest BCUT2D eigenvalue weighted by molar-refractivity contribution is -0.148. The van der Waals surface area contributed by atoms with Crippen molar-refractivity contribution in [3.05, 3.63) is 109 Å². The number of hydrogen-bond donors (Lipinski definition) is 3. The predicted octanol–water partition coefficient (Wildman–Crippen LogP) is 4.56. The summed E-state index contributed by atoms with van der Waals surface area (Å²) in [6.07, 6.45) is -0.956. The van der Waals surface area contributed by atoms with Gasteiger partial charge in [-0.15, -0.1) is 0 Å². The molecule has 0 aliphatic carbocycles. The Labute approximate surface area is 263 Å². The third kappa shape index (κ3) is 6.77. The molecular formula is C32H26N2O10S2. The van der Waals surface area contributed by atoms with E-state index in [1.54, 1.807) is 60.7 Å². The van der Waals surface area contributed by atoms with E-state index in [9.17, 15) is 41.4 Å². The number of carbonyl (C=O) groups excluding carboxylic acids is 1. The predicted molar refractivity (Wildman–Crippen MR) is 169 cm³/mol. The second-order valence-electron chi connectivity index (χ2n) is 10.2. The number of carbonyl (C=O) groups is 3. The molecule has 1 unspecified atom stereocenters. The first-order valence-corrected chi connectivity index (χ1v) is 16.4. The van der Waals surface area contributed by atoms with Crippen LogP contribution >= 0.6 is 0 Å². The summed E-state index contributed by atoms with van der Waals surface area (Å²) in [6.45, 7) is 0. The number of hydrogen-bond acceptors (Lipinski definition) is 8. The van der Waals surface area contributed by atoms with Crippen LogP contribution in [0.2, 0.25) is 0 Å². The molecule has 0 aliphatic rings. The quantitative estimate of drug-likeness (QED) is 0.169. The third-order valence-corrected chi connectivity index (χ3v) is 9.76. The maximum atomic E-state index is 13.7. The van der Waals surface area contributed by atoms with Crippen LogP contribution in [0.3, 0.4) is 0 Å². The smallest absolute Gasteiger partial charge is 0.339 e. The molecule has 12 nitrogen and oxygen atoms in total. The first-order valence-electron chi connectivity index (χ1n) is 13.6. The number of carboxylic acids is 2. The van der Waals surface area contributed by atoms with E-state index in [1.807, 2.05) is 0 Å². The van der Waals surface area contributed by atoms with E-state index >= 15 is 0 Å². The molecule has 0 aliphatic heterocycles. The van der Waals surface area contributed by atoms with Crippen molar-refractivity contribution in [2.75, 3.05) is 11.8 Å². The van der Waals surface area contributed by atoms with Gasteiger partial charge in [0.05, 0.1) is 22.6 Å². The van der Waals surface area contributed by atoms with E-state index in [1.165, 1.54) is 24.3 Å². The highest BCUT2D eigenvalue weighted by atomic mass is 32.2. The van der Waals surface area contributed by atoms with Crippen molar-refractivity contribution in [1.29, 1.82) is 0 Å². The van der Waals surface area contributed by atoms with Crippen LogP contribution in [0.1, 0.15) is 16.8 Å². The summed E-state index contributed by atoms with van der Waals surface area (Å²) in [7, 11) is -7.77. The number of aliphatic carboxylic acids is 2. The first kappa shape index (κ1) is 31.9. The molecule has 3 N–H and O–H groups in total. The SMILES string of the molecule is CN(C(=O)c1cc(OS(=O)(=O)c2ccc3ccccc3c2)ccc1NS(=O)(=O)c1ccc2ccccc2c1)C(CC(=O)O)C(=O)O. The molecule has 0 saturated carbocycles. The van der Waals surface area contributed by atoms with Crippen molar-refractivity contribution >= 4 is 65.2 Å². The average molecular weight is 663 g/mol. The summed E-state index contributed by atoms with van der Waals surface area (Å²) in [5, 5.41) is 21.6. The molecule has 0 bridgehead atoms.